The molecule has 4 aliphatic carbocycles. The molecule has 0 aliphatic heterocycles. The fourth-order valence-corrected chi connectivity index (χ4v) is 10.9. The quantitative estimate of drug-likeness (QED) is 0.392. The Morgan fingerprint density at radius 1 is 0.615 bits per heavy atom. The smallest absolute Gasteiger partial charge is 0.0758 e. The van der Waals surface area contributed by atoms with E-state index in [4.69, 9.17) is 9.05 Å². The highest BCUT2D eigenvalue weighted by Gasteiger charge is 2.60. The minimum Gasteiger partial charge on any atom is -0.352 e. The second-order valence-corrected chi connectivity index (χ2v) is 16.5. The molecule has 0 unspecified atom stereocenters. The van der Waals surface area contributed by atoms with Crippen molar-refractivity contribution in [2.45, 2.75) is 128 Å². The predicted molar refractivity (Wildman–Crippen MR) is 117 cm³/mol. The van der Waals surface area contributed by atoms with Crippen LogP contribution >= 0.6 is 16.3 Å². The maximum atomic E-state index is 7.09. The van der Waals surface area contributed by atoms with Crippen LogP contribution in [0.2, 0.25) is 0 Å². The summed E-state index contributed by atoms with van der Waals surface area (Å²) in [4.78, 5) is 0. The molecule has 4 rings (SSSR count). The van der Waals surface area contributed by atoms with Crippen molar-refractivity contribution in [2.24, 2.45) is 11.8 Å². The van der Waals surface area contributed by atoms with Gasteiger partial charge in [0.2, 0.25) is 0 Å². The van der Waals surface area contributed by atoms with Crippen LogP contribution in [0.15, 0.2) is 0 Å². The molecular weight excluding hydrogens is 358 g/mol. The average molecular weight is 401 g/mol. The molecule has 0 amide bonds. The summed E-state index contributed by atoms with van der Waals surface area (Å²) in [5.74, 6) is 1.67. The van der Waals surface area contributed by atoms with Gasteiger partial charge in [-0.3, -0.25) is 0 Å². The molecule has 0 spiro atoms. The first-order chi connectivity index (χ1) is 12.0. The molecule has 0 heterocycles. The van der Waals surface area contributed by atoms with E-state index < -0.39 is 0 Å². The van der Waals surface area contributed by atoms with Gasteiger partial charge in [-0.15, -0.1) is 0 Å². The summed E-state index contributed by atoms with van der Waals surface area (Å²) >= 11 is 0. The molecule has 2 nitrogen and oxygen atoms in total. The maximum absolute atomic E-state index is 7.09. The van der Waals surface area contributed by atoms with Gasteiger partial charge in [0.05, 0.1) is 11.2 Å². The first kappa shape index (κ1) is 21.5. The first-order valence-corrected chi connectivity index (χ1v) is 13.8. The summed E-state index contributed by atoms with van der Waals surface area (Å²) in [5.41, 5.74) is 2.85. The molecule has 4 fully saturated rings. The molecule has 4 aliphatic rings. The second kappa shape index (κ2) is 7.89. The Labute approximate surface area is 165 Å². The number of rotatable bonds is 8. The van der Waals surface area contributed by atoms with Crippen molar-refractivity contribution in [1.29, 1.82) is 0 Å². The van der Waals surface area contributed by atoms with E-state index in [0.717, 1.165) is 11.8 Å². The van der Waals surface area contributed by atoms with Crippen LogP contribution in [0.1, 0.15) is 93.9 Å². The highest BCUT2D eigenvalue weighted by molar-refractivity contribution is 7.54. The van der Waals surface area contributed by atoms with Crippen LogP contribution in [0.25, 0.3) is 0 Å². The van der Waals surface area contributed by atoms with Crippen molar-refractivity contribution in [2.75, 3.05) is 0 Å². The molecule has 4 bridgehead atoms. The van der Waals surface area contributed by atoms with Gasteiger partial charge in [-0.1, -0.05) is 55.4 Å². The summed E-state index contributed by atoms with van der Waals surface area (Å²) in [6.07, 6.45) is 7.80. The van der Waals surface area contributed by atoms with Gasteiger partial charge in [-0.25, -0.2) is 0 Å². The minimum absolute atomic E-state index is 0.124. The third-order valence-electron chi connectivity index (χ3n) is 6.59. The summed E-state index contributed by atoms with van der Waals surface area (Å²) in [6.45, 7) is 18.9. The summed E-state index contributed by atoms with van der Waals surface area (Å²) in [6, 6.07) is 0. The zero-order chi connectivity index (χ0) is 19.3. The minimum atomic E-state index is -0.357. The predicted octanol–water partition coefficient (Wildman–Crippen LogP) is 7.54. The normalized spacial score (nSPS) is 36.7. The highest BCUT2D eigenvalue weighted by Crippen LogP contribution is 2.67. The molecular formula is C22H42O2P2. The number of hydrogen-bond acceptors (Lipinski definition) is 2. The molecule has 0 saturated heterocycles. The lowest BCUT2D eigenvalue weighted by Gasteiger charge is -2.62. The Morgan fingerprint density at radius 3 is 1.19 bits per heavy atom. The molecule has 0 atom stereocenters. The summed E-state index contributed by atoms with van der Waals surface area (Å²) < 4.78 is 14.2. The Hall–Kier alpha value is 0.780. The van der Waals surface area contributed by atoms with Gasteiger partial charge in [-0.2, -0.15) is 0 Å². The standard InChI is InChI=1S/C22H42O2P2/c1-15(2)25(16(3)4)23-21-10-19-9-20(11-21)13-22(12-19,14-21)24-26(17(5)6)18(7)8/h15-20H,9-14H2,1-8H3. The van der Waals surface area contributed by atoms with E-state index in [1.807, 2.05) is 0 Å². The monoisotopic (exact) mass is 400 g/mol. The van der Waals surface area contributed by atoms with Crippen LogP contribution in [0.5, 0.6) is 0 Å². The lowest BCUT2D eigenvalue weighted by Crippen LogP contribution is -2.60. The SMILES string of the molecule is CC(C)P(OC12CC3CC(C1)CC(OP(C(C)C)C(C)C)(C3)C2)C(C)C. The molecule has 26 heavy (non-hydrogen) atoms. The average Bonchev–Trinajstić information content (AvgIpc) is 2.48. The van der Waals surface area contributed by atoms with Gasteiger partial charge < -0.3 is 9.05 Å². The molecule has 0 aromatic heterocycles. The second-order valence-electron chi connectivity index (χ2n) is 10.6. The van der Waals surface area contributed by atoms with Gasteiger partial charge >= 0.3 is 0 Å². The van der Waals surface area contributed by atoms with Crippen LogP contribution in [-0.4, -0.2) is 33.8 Å². The highest BCUT2D eigenvalue weighted by atomic mass is 31.1. The van der Waals surface area contributed by atoms with E-state index in [0.29, 0.717) is 22.6 Å². The van der Waals surface area contributed by atoms with Gasteiger partial charge in [0, 0.05) is 22.7 Å². The molecule has 0 radical (unpaired) electrons. The topological polar surface area (TPSA) is 18.5 Å². The van der Waals surface area contributed by atoms with Crippen molar-refractivity contribution in [1.82, 2.24) is 0 Å². The largest absolute Gasteiger partial charge is 0.352 e. The van der Waals surface area contributed by atoms with Crippen LogP contribution in [0, 0.1) is 11.8 Å². The first-order valence-electron chi connectivity index (χ1n) is 11.0. The fourth-order valence-electron chi connectivity index (χ4n) is 6.37. The van der Waals surface area contributed by atoms with Crippen molar-refractivity contribution < 1.29 is 9.05 Å². The summed E-state index contributed by atoms with van der Waals surface area (Å²) in [7, 11) is -0.715. The number of hydrogen-bond donors (Lipinski definition) is 0. The lowest BCUT2D eigenvalue weighted by atomic mass is 9.52. The van der Waals surface area contributed by atoms with Crippen LogP contribution < -0.4 is 0 Å². The third-order valence-corrected chi connectivity index (χ3v) is 11.9. The molecule has 0 aromatic rings. The zero-order valence-corrected chi connectivity index (χ0v) is 20.2. The Balaban J connectivity index is 1.82. The van der Waals surface area contributed by atoms with Crippen molar-refractivity contribution in [3.05, 3.63) is 0 Å². The van der Waals surface area contributed by atoms with Crippen LogP contribution in [0.3, 0.4) is 0 Å². The Bertz CT molecular complexity index is 419. The molecule has 0 aromatic carbocycles. The van der Waals surface area contributed by atoms with Crippen LogP contribution in [0.4, 0.5) is 0 Å². The molecule has 152 valence electrons. The van der Waals surface area contributed by atoms with Gasteiger partial charge in [0.25, 0.3) is 0 Å². The van der Waals surface area contributed by atoms with E-state index >= 15 is 0 Å². The third kappa shape index (κ3) is 4.35. The maximum Gasteiger partial charge on any atom is 0.0758 e. The molecule has 4 heteroatoms. The summed E-state index contributed by atoms with van der Waals surface area (Å²) in [5, 5.41) is 0. The van der Waals surface area contributed by atoms with Gasteiger partial charge in [-0.05, 0) is 66.6 Å². The van der Waals surface area contributed by atoms with E-state index in [9.17, 15) is 0 Å². The van der Waals surface area contributed by atoms with E-state index in [-0.39, 0.29) is 27.5 Å². The van der Waals surface area contributed by atoms with E-state index in [2.05, 4.69) is 55.4 Å². The van der Waals surface area contributed by atoms with Gasteiger partial charge in [0.15, 0.2) is 0 Å². The molecule has 4 saturated carbocycles. The van der Waals surface area contributed by atoms with Crippen molar-refractivity contribution in [3.63, 3.8) is 0 Å². The van der Waals surface area contributed by atoms with E-state index in [1.54, 1.807) is 0 Å². The van der Waals surface area contributed by atoms with Gasteiger partial charge in [0.1, 0.15) is 0 Å². The Kier molecular flexibility index (Phi) is 6.52. The lowest BCUT2D eigenvalue weighted by molar-refractivity contribution is -0.173. The zero-order valence-electron chi connectivity index (χ0n) is 18.4. The molecule has 0 N–H and O–H groups in total. The van der Waals surface area contributed by atoms with E-state index in [1.165, 1.54) is 38.5 Å². The van der Waals surface area contributed by atoms with Crippen LogP contribution in [-0.2, 0) is 9.05 Å². The van der Waals surface area contributed by atoms with Crippen molar-refractivity contribution in [3.8, 4) is 0 Å². The Morgan fingerprint density at radius 2 is 0.923 bits per heavy atom. The fraction of sp³-hybridized carbons (Fsp3) is 1.00. The van der Waals surface area contributed by atoms with Crippen molar-refractivity contribution >= 4 is 16.3 Å².